The van der Waals surface area contributed by atoms with Crippen molar-refractivity contribution in [1.29, 1.82) is 0 Å². The van der Waals surface area contributed by atoms with Crippen LogP contribution in [0.1, 0.15) is 27.1 Å². The number of carboxylic acids is 1. The maximum atomic E-state index is 13.7. The fourth-order valence-electron chi connectivity index (χ4n) is 1.57. The molecule has 0 heterocycles. The van der Waals surface area contributed by atoms with Gasteiger partial charge in [-0.25, -0.2) is 9.18 Å². The molecule has 0 unspecified atom stereocenters. The number of hydrogen-bond donors (Lipinski definition) is 1. The lowest BCUT2D eigenvalue weighted by molar-refractivity contribution is 0.0693. The smallest absolute Gasteiger partial charge is 0.335 e. The van der Waals surface area contributed by atoms with Gasteiger partial charge in [-0.15, -0.1) is 0 Å². The zero-order valence-corrected chi connectivity index (χ0v) is 10.9. The molecule has 0 bridgehead atoms. The minimum absolute atomic E-state index is 0.134. The molecule has 0 atom stereocenters. The van der Waals surface area contributed by atoms with E-state index in [9.17, 15) is 14.0 Å². The number of benzene rings is 1. The van der Waals surface area contributed by atoms with Crippen LogP contribution in [0.4, 0.5) is 4.39 Å². The molecule has 0 fully saturated rings. The number of carboxylic acid groups (broad SMARTS) is 1. The van der Waals surface area contributed by atoms with Gasteiger partial charge in [-0.2, -0.15) is 0 Å². The normalized spacial score (nSPS) is 10.3. The molecule has 1 aromatic carbocycles. The minimum atomic E-state index is -1.23. The number of rotatable bonds is 6. The van der Waals surface area contributed by atoms with Crippen molar-refractivity contribution in [2.45, 2.75) is 6.42 Å². The van der Waals surface area contributed by atoms with E-state index in [1.165, 1.54) is 17.0 Å². The Balaban J connectivity index is 2.79. The number of amides is 1. The van der Waals surface area contributed by atoms with Gasteiger partial charge in [0, 0.05) is 27.3 Å². The molecular weight excluding hydrogens is 253 g/mol. The summed E-state index contributed by atoms with van der Waals surface area (Å²) in [7, 11) is 3.12. The molecular formula is C13H16FNO4. The van der Waals surface area contributed by atoms with E-state index in [1.54, 1.807) is 14.2 Å². The monoisotopic (exact) mass is 269 g/mol. The summed E-state index contributed by atoms with van der Waals surface area (Å²) in [6, 6.07) is 3.24. The molecule has 0 aliphatic carbocycles. The van der Waals surface area contributed by atoms with Gasteiger partial charge in [-0.1, -0.05) is 0 Å². The van der Waals surface area contributed by atoms with E-state index in [0.29, 0.717) is 19.6 Å². The second kappa shape index (κ2) is 6.84. The average molecular weight is 269 g/mol. The van der Waals surface area contributed by atoms with Gasteiger partial charge in [0.1, 0.15) is 5.82 Å². The fraction of sp³-hybridized carbons (Fsp3) is 0.385. The van der Waals surface area contributed by atoms with E-state index in [2.05, 4.69) is 0 Å². The van der Waals surface area contributed by atoms with Crippen molar-refractivity contribution in [2.24, 2.45) is 0 Å². The molecule has 0 aliphatic heterocycles. The molecule has 1 aromatic rings. The quantitative estimate of drug-likeness (QED) is 0.797. The van der Waals surface area contributed by atoms with Gasteiger partial charge < -0.3 is 14.7 Å². The SMILES string of the molecule is COCCCN(C)C(=O)c1ccc(C(=O)O)cc1F. The Kier molecular flexibility index (Phi) is 5.44. The van der Waals surface area contributed by atoms with Crippen LogP contribution >= 0.6 is 0 Å². The van der Waals surface area contributed by atoms with Gasteiger partial charge in [-0.3, -0.25) is 4.79 Å². The number of hydrogen-bond acceptors (Lipinski definition) is 3. The van der Waals surface area contributed by atoms with Crippen LogP contribution in [-0.2, 0) is 4.74 Å². The summed E-state index contributed by atoms with van der Waals surface area (Å²) in [6.07, 6.45) is 0.646. The summed E-state index contributed by atoms with van der Waals surface area (Å²) in [5, 5.41) is 8.72. The van der Waals surface area contributed by atoms with E-state index in [4.69, 9.17) is 9.84 Å². The third-order valence-corrected chi connectivity index (χ3v) is 2.64. The van der Waals surface area contributed by atoms with Crippen LogP contribution in [-0.4, -0.2) is 49.2 Å². The largest absolute Gasteiger partial charge is 0.478 e. The fourth-order valence-corrected chi connectivity index (χ4v) is 1.57. The standard InChI is InChI=1S/C13H16FNO4/c1-15(6-3-7-19-2)12(16)10-5-4-9(13(17)18)8-11(10)14/h4-5,8H,3,6-7H2,1-2H3,(H,17,18). The predicted octanol–water partition coefficient (Wildman–Crippen LogP) is 1.63. The maximum absolute atomic E-state index is 13.7. The molecule has 0 saturated carbocycles. The lowest BCUT2D eigenvalue weighted by Gasteiger charge is -2.17. The molecule has 5 nitrogen and oxygen atoms in total. The Hall–Kier alpha value is -1.95. The predicted molar refractivity (Wildman–Crippen MR) is 66.8 cm³/mol. The van der Waals surface area contributed by atoms with Gasteiger partial charge >= 0.3 is 5.97 Å². The third-order valence-electron chi connectivity index (χ3n) is 2.64. The first kappa shape index (κ1) is 15.1. The average Bonchev–Trinajstić information content (AvgIpc) is 2.37. The van der Waals surface area contributed by atoms with E-state index < -0.39 is 17.7 Å². The summed E-state index contributed by atoms with van der Waals surface area (Å²) in [4.78, 5) is 24.0. The van der Waals surface area contributed by atoms with Crippen LogP contribution < -0.4 is 0 Å². The topological polar surface area (TPSA) is 66.8 Å². The van der Waals surface area contributed by atoms with Crippen molar-refractivity contribution in [3.63, 3.8) is 0 Å². The van der Waals surface area contributed by atoms with E-state index in [-0.39, 0.29) is 11.1 Å². The zero-order valence-electron chi connectivity index (χ0n) is 10.9. The minimum Gasteiger partial charge on any atom is -0.478 e. The number of halogens is 1. The Labute approximate surface area is 110 Å². The van der Waals surface area contributed by atoms with Gasteiger partial charge in [0.05, 0.1) is 11.1 Å². The second-order valence-corrected chi connectivity index (χ2v) is 4.07. The summed E-state index contributed by atoms with van der Waals surface area (Å²) >= 11 is 0. The second-order valence-electron chi connectivity index (χ2n) is 4.07. The number of carbonyl (C=O) groups is 2. The Morgan fingerprint density at radius 2 is 2.11 bits per heavy atom. The van der Waals surface area contributed by atoms with Crippen LogP contribution in [0.5, 0.6) is 0 Å². The van der Waals surface area contributed by atoms with E-state index in [0.717, 1.165) is 6.07 Å². The first-order valence-electron chi connectivity index (χ1n) is 5.74. The van der Waals surface area contributed by atoms with Crippen molar-refractivity contribution in [3.05, 3.63) is 35.1 Å². The highest BCUT2D eigenvalue weighted by Crippen LogP contribution is 2.13. The molecule has 1 amide bonds. The first-order chi connectivity index (χ1) is 8.97. The van der Waals surface area contributed by atoms with Gasteiger partial charge in [0.25, 0.3) is 5.91 Å². The molecule has 6 heteroatoms. The molecule has 0 saturated heterocycles. The van der Waals surface area contributed by atoms with Crippen LogP contribution in [0.25, 0.3) is 0 Å². The van der Waals surface area contributed by atoms with Crippen LogP contribution in [0, 0.1) is 5.82 Å². The van der Waals surface area contributed by atoms with Crippen molar-refractivity contribution in [1.82, 2.24) is 4.90 Å². The Morgan fingerprint density at radius 1 is 1.42 bits per heavy atom. The third kappa shape index (κ3) is 4.03. The number of nitrogens with zero attached hydrogens (tertiary/aromatic N) is 1. The molecule has 1 rings (SSSR count). The molecule has 19 heavy (non-hydrogen) atoms. The van der Waals surface area contributed by atoms with Crippen LogP contribution in [0.2, 0.25) is 0 Å². The van der Waals surface area contributed by atoms with Crippen molar-refractivity contribution >= 4 is 11.9 Å². The molecule has 1 N–H and O–H groups in total. The molecule has 0 aromatic heterocycles. The lowest BCUT2D eigenvalue weighted by atomic mass is 10.1. The van der Waals surface area contributed by atoms with Crippen molar-refractivity contribution < 1.29 is 23.8 Å². The maximum Gasteiger partial charge on any atom is 0.335 e. The van der Waals surface area contributed by atoms with E-state index in [1.807, 2.05) is 0 Å². The number of carbonyl (C=O) groups excluding carboxylic acids is 1. The highest BCUT2D eigenvalue weighted by Gasteiger charge is 2.17. The summed E-state index contributed by atoms with van der Waals surface area (Å²) in [6.45, 7) is 0.949. The first-order valence-corrected chi connectivity index (χ1v) is 5.74. The Morgan fingerprint density at radius 3 is 2.63 bits per heavy atom. The number of aromatic carboxylic acids is 1. The van der Waals surface area contributed by atoms with E-state index >= 15 is 0 Å². The highest BCUT2D eigenvalue weighted by molar-refractivity contribution is 5.96. The molecule has 0 aliphatic rings. The van der Waals surface area contributed by atoms with Crippen LogP contribution in [0.3, 0.4) is 0 Å². The van der Waals surface area contributed by atoms with Crippen molar-refractivity contribution in [3.8, 4) is 0 Å². The van der Waals surface area contributed by atoms with Gasteiger partial charge in [0.2, 0.25) is 0 Å². The lowest BCUT2D eigenvalue weighted by Crippen LogP contribution is -2.29. The van der Waals surface area contributed by atoms with Crippen LogP contribution in [0.15, 0.2) is 18.2 Å². The number of methoxy groups -OCH3 is 1. The summed E-state index contributed by atoms with van der Waals surface area (Å²) in [5.41, 5.74) is -0.319. The summed E-state index contributed by atoms with van der Waals surface area (Å²) in [5.74, 6) is -2.54. The van der Waals surface area contributed by atoms with Crippen molar-refractivity contribution in [2.75, 3.05) is 27.3 Å². The molecule has 104 valence electrons. The van der Waals surface area contributed by atoms with Gasteiger partial charge in [-0.05, 0) is 24.6 Å². The molecule has 0 spiro atoms. The highest BCUT2D eigenvalue weighted by atomic mass is 19.1. The summed E-state index contributed by atoms with van der Waals surface area (Å²) < 4.78 is 18.5. The zero-order chi connectivity index (χ0) is 14.4. The molecule has 0 radical (unpaired) electrons. The Bertz CT molecular complexity index is 476. The number of ether oxygens (including phenoxy) is 1. The van der Waals surface area contributed by atoms with Gasteiger partial charge in [0.15, 0.2) is 0 Å².